The molecule has 5 heteroatoms. The highest BCUT2D eigenvalue weighted by molar-refractivity contribution is 5.74. The summed E-state index contributed by atoms with van der Waals surface area (Å²) in [6, 6.07) is 7.52. The molecule has 0 heterocycles. The van der Waals surface area contributed by atoms with Crippen molar-refractivity contribution in [1.29, 1.82) is 0 Å². The topological polar surface area (TPSA) is 70.6 Å². The number of carbonyl (C=O) groups excluding carboxylic acids is 1. The highest BCUT2D eigenvalue weighted by Crippen LogP contribution is 2.13. The third-order valence-electron chi connectivity index (χ3n) is 3.40. The number of aliphatic hydroxyl groups is 1. The minimum atomic E-state index is -0.561. The molecule has 1 rings (SSSR count). The number of nitrogens with one attached hydrogen (secondary N) is 2. The number of amides is 2. The Morgan fingerprint density at radius 2 is 2.19 bits per heavy atom. The standard InChI is InChI=1S/C16H26N2O3/c1-4-9-16(2,12-19)18-15(20)17-10-8-13-6-5-7-14(11-13)21-3/h5-7,11,19H,4,8-10,12H2,1-3H3,(H2,17,18,20). The minimum absolute atomic E-state index is 0.0653. The van der Waals surface area contributed by atoms with Crippen molar-refractivity contribution in [3.05, 3.63) is 29.8 Å². The summed E-state index contributed by atoms with van der Waals surface area (Å²) in [6.07, 6.45) is 2.38. The van der Waals surface area contributed by atoms with Gasteiger partial charge < -0.3 is 20.5 Å². The zero-order valence-corrected chi connectivity index (χ0v) is 13.1. The molecule has 5 nitrogen and oxygen atoms in total. The van der Waals surface area contributed by atoms with Crippen LogP contribution in [0.3, 0.4) is 0 Å². The summed E-state index contributed by atoms with van der Waals surface area (Å²) >= 11 is 0. The monoisotopic (exact) mass is 294 g/mol. The molecule has 0 radical (unpaired) electrons. The molecule has 0 saturated carbocycles. The van der Waals surface area contributed by atoms with Crippen LogP contribution in [0.25, 0.3) is 0 Å². The van der Waals surface area contributed by atoms with Gasteiger partial charge in [0.2, 0.25) is 0 Å². The fraction of sp³-hybridized carbons (Fsp3) is 0.562. The maximum atomic E-state index is 11.8. The van der Waals surface area contributed by atoms with Gasteiger partial charge in [-0.05, 0) is 37.5 Å². The van der Waals surface area contributed by atoms with E-state index in [4.69, 9.17) is 4.74 Å². The van der Waals surface area contributed by atoms with Gasteiger partial charge in [-0.2, -0.15) is 0 Å². The average molecular weight is 294 g/mol. The van der Waals surface area contributed by atoms with E-state index in [1.807, 2.05) is 38.1 Å². The molecule has 21 heavy (non-hydrogen) atoms. The fourth-order valence-electron chi connectivity index (χ4n) is 2.20. The first-order valence-electron chi connectivity index (χ1n) is 7.33. The van der Waals surface area contributed by atoms with Crippen LogP contribution in [-0.4, -0.2) is 36.9 Å². The Kier molecular flexibility index (Phi) is 7.02. The lowest BCUT2D eigenvalue weighted by Gasteiger charge is -2.28. The molecule has 0 aliphatic carbocycles. The van der Waals surface area contributed by atoms with Crippen molar-refractivity contribution >= 4 is 6.03 Å². The van der Waals surface area contributed by atoms with Crippen molar-refractivity contribution in [2.24, 2.45) is 0 Å². The Morgan fingerprint density at radius 1 is 1.43 bits per heavy atom. The largest absolute Gasteiger partial charge is 0.497 e. The molecule has 2 amide bonds. The number of methoxy groups -OCH3 is 1. The Labute approximate surface area is 126 Å². The molecule has 0 spiro atoms. The molecule has 1 aromatic carbocycles. The number of rotatable bonds is 8. The molecule has 0 aliphatic heterocycles. The quantitative estimate of drug-likeness (QED) is 0.687. The van der Waals surface area contributed by atoms with E-state index in [2.05, 4.69) is 10.6 Å². The average Bonchev–Trinajstić information content (AvgIpc) is 2.47. The highest BCUT2D eigenvalue weighted by Gasteiger charge is 2.24. The molecular formula is C16H26N2O3. The van der Waals surface area contributed by atoms with Gasteiger partial charge in [-0.3, -0.25) is 0 Å². The second kappa shape index (κ2) is 8.52. The van der Waals surface area contributed by atoms with Crippen molar-refractivity contribution < 1.29 is 14.6 Å². The van der Waals surface area contributed by atoms with E-state index >= 15 is 0 Å². The minimum Gasteiger partial charge on any atom is -0.497 e. The first kappa shape index (κ1) is 17.3. The summed E-state index contributed by atoms with van der Waals surface area (Å²) in [4.78, 5) is 11.8. The van der Waals surface area contributed by atoms with E-state index in [1.54, 1.807) is 7.11 Å². The number of urea groups is 1. The van der Waals surface area contributed by atoms with Gasteiger partial charge >= 0.3 is 6.03 Å². The van der Waals surface area contributed by atoms with Crippen LogP contribution in [0.5, 0.6) is 5.75 Å². The third-order valence-corrected chi connectivity index (χ3v) is 3.40. The predicted octanol–water partition coefficient (Wildman–Crippen LogP) is 2.09. The van der Waals surface area contributed by atoms with Crippen molar-refractivity contribution in [2.75, 3.05) is 20.3 Å². The predicted molar refractivity (Wildman–Crippen MR) is 83.6 cm³/mol. The molecule has 0 aromatic heterocycles. The number of hydrogen-bond acceptors (Lipinski definition) is 3. The lowest BCUT2D eigenvalue weighted by molar-refractivity contribution is 0.163. The van der Waals surface area contributed by atoms with Gasteiger partial charge in [0.25, 0.3) is 0 Å². The molecule has 118 valence electrons. The van der Waals surface area contributed by atoms with Crippen LogP contribution in [0.15, 0.2) is 24.3 Å². The molecule has 1 unspecified atom stereocenters. The molecule has 1 aromatic rings. The van der Waals surface area contributed by atoms with E-state index in [0.717, 1.165) is 30.6 Å². The number of carbonyl (C=O) groups is 1. The summed E-state index contributed by atoms with van der Waals surface area (Å²) in [6.45, 7) is 4.34. The van der Waals surface area contributed by atoms with Gasteiger partial charge in [-0.1, -0.05) is 25.5 Å². The summed E-state index contributed by atoms with van der Waals surface area (Å²) in [5.74, 6) is 0.813. The van der Waals surface area contributed by atoms with E-state index in [1.165, 1.54) is 0 Å². The van der Waals surface area contributed by atoms with Crippen LogP contribution < -0.4 is 15.4 Å². The van der Waals surface area contributed by atoms with E-state index < -0.39 is 5.54 Å². The first-order chi connectivity index (χ1) is 10.0. The van der Waals surface area contributed by atoms with Crippen molar-refractivity contribution in [1.82, 2.24) is 10.6 Å². The third kappa shape index (κ3) is 6.04. The van der Waals surface area contributed by atoms with Crippen molar-refractivity contribution in [2.45, 2.75) is 38.6 Å². The SMILES string of the molecule is CCCC(C)(CO)NC(=O)NCCc1cccc(OC)c1. The van der Waals surface area contributed by atoms with Crippen LogP contribution >= 0.6 is 0 Å². The van der Waals surface area contributed by atoms with E-state index in [0.29, 0.717) is 6.54 Å². The zero-order valence-electron chi connectivity index (χ0n) is 13.1. The Morgan fingerprint density at radius 3 is 2.81 bits per heavy atom. The summed E-state index contributed by atoms with van der Waals surface area (Å²) in [7, 11) is 1.63. The second-order valence-electron chi connectivity index (χ2n) is 5.45. The lowest BCUT2D eigenvalue weighted by atomic mass is 9.98. The van der Waals surface area contributed by atoms with Gasteiger partial charge in [-0.25, -0.2) is 4.79 Å². The molecule has 3 N–H and O–H groups in total. The van der Waals surface area contributed by atoms with Gasteiger partial charge in [0.05, 0.1) is 19.3 Å². The molecule has 0 bridgehead atoms. The maximum absolute atomic E-state index is 11.8. The van der Waals surface area contributed by atoms with Crippen molar-refractivity contribution in [3.8, 4) is 5.75 Å². The van der Waals surface area contributed by atoms with Crippen LogP contribution in [0.2, 0.25) is 0 Å². The Bertz CT molecular complexity index is 451. The highest BCUT2D eigenvalue weighted by atomic mass is 16.5. The Balaban J connectivity index is 2.39. The lowest BCUT2D eigenvalue weighted by Crippen LogP contribution is -2.52. The molecule has 0 saturated heterocycles. The molecule has 0 aliphatic rings. The van der Waals surface area contributed by atoms with Crippen LogP contribution in [0.4, 0.5) is 4.79 Å². The molecule has 1 atom stereocenters. The molecular weight excluding hydrogens is 268 g/mol. The van der Waals surface area contributed by atoms with Gasteiger partial charge in [0.15, 0.2) is 0 Å². The van der Waals surface area contributed by atoms with Crippen molar-refractivity contribution in [3.63, 3.8) is 0 Å². The second-order valence-corrected chi connectivity index (χ2v) is 5.45. The van der Waals surface area contributed by atoms with Gasteiger partial charge in [0.1, 0.15) is 5.75 Å². The zero-order chi connectivity index (χ0) is 15.7. The summed E-state index contributed by atoms with van der Waals surface area (Å²) < 4.78 is 5.16. The van der Waals surface area contributed by atoms with Crippen LogP contribution in [0, 0.1) is 0 Å². The van der Waals surface area contributed by atoms with Crippen LogP contribution in [-0.2, 0) is 6.42 Å². The summed E-state index contributed by atoms with van der Waals surface area (Å²) in [5, 5.41) is 15.0. The van der Waals surface area contributed by atoms with Gasteiger partial charge in [-0.15, -0.1) is 0 Å². The fourth-order valence-corrected chi connectivity index (χ4v) is 2.20. The number of ether oxygens (including phenoxy) is 1. The summed E-state index contributed by atoms with van der Waals surface area (Å²) in [5.41, 5.74) is 0.544. The Hall–Kier alpha value is -1.75. The van der Waals surface area contributed by atoms with E-state index in [-0.39, 0.29) is 12.6 Å². The normalized spacial score (nSPS) is 13.3. The number of benzene rings is 1. The number of hydrogen-bond donors (Lipinski definition) is 3. The van der Waals surface area contributed by atoms with Crippen LogP contribution in [0.1, 0.15) is 32.3 Å². The molecule has 0 fully saturated rings. The maximum Gasteiger partial charge on any atom is 0.315 e. The first-order valence-corrected chi connectivity index (χ1v) is 7.33. The smallest absolute Gasteiger partial charge is 0.315 e. The number of aliphatic hydroxyl groups excluding tert-OH is 1. The van der Waals surface area contributed by atoms with E-state index in [9.17, 15) is 9.90 Å². The van der Waals surface area contributed by atoms with Gasteiger partial charge in [0, 0.05) is 6.54 Å².